The summed E-state index contributed by atoms with van der Waals surface area (Å²) in [7, 11) is 0. The highest BCUT2D eigenvalue weighted by Gasteiger charge is 2.41. The van der Waals surface area contributed by atoms with Gasteiger partial charge in [0.2, 0.25) is 12.7 Å². The number of benzene rings is 2. The molecule has 0 bridgehead atoms. The number of allylic oxidation sites excluding steroid dienone is 3. The average molecular weight is 386 g/mol. The summed E-state index contributed by atoms with van der Waals surface area (Å²) < 4.78 is 16.7. The highest BCUT2D eigenvalue weighted by Crippen LogP contribution is 2.48. The van der Waals surface area contributed by atoms with Gasteiger partial charge in [-0.25, -0.2) is 0 Å². The normalized spacial score (nSPS) is 22.8. The number of carbonyl (C=O) groups excluding carboxylic acids is 1. The molecule has 0 spiro atoms. The van der Waals surface area contributed by atoms with E-state index in [2.05, 4.69) is 6.07 Å². The number of nitrogens with two attached hydrogens (primary N) is 1. The van der Waals surface area contributed by atoms with E-state index in [4.69, 9.17) is 19.9 Å². The standard InChI is InChI=1S/C23H18N2O4/c24-11-16-21(14-6-7-18-19(9-14)28-12-27-18)22-17(26)8-15(10-20(22)29-23(16)25)13-4-2-1-3-5-13/h1-7,9,15,21H,8,10,12,25H2/t15-,21+/m0/s1. The van der Waals surface area contributed by atoms with Crippen molar-refractivity contribution in [1.29, 1.82) is 5.26 Å². The largest absolute Gasteiger partial charge is 0.454 e. The Bertz CT molecular complexity index is 1110. The van der Waals surface area contributed by atoms with Gasteiger partial charge in [0.1, 0.15) is 17.4 Å². The first-order valence-electron chi connectivity index (χ1n) is 9.44. The van der Waals surface area contributed by atoms with Crippen LogP contribution >= 0.6 is 0 Å². The van der Waals surface area contributed by atoms with Crippen molar-refractivity contribution in [1.82, 2.24) is 0 Å². The summed E-state index contributed by atoms with van der Waals surface area (Å²) in [6.45, 7) is 0.154. The number of Topliss-reactive ketones (excluding diaryl/α,β-unsaturated/α-hetero) is 1. The second-order valence-corrected chi connectivity index (χ2v) is 7.31. The number of ether oxygens (including phenoxy) is 3. The summed E-state index contributed by atoms with van der Waals surface area (Å²) in [6, 6.07) is 17.5. The number of rotatable bonds is 2. The van der Waals surface area contributed by atoms with Crippen LogP contribution in [0.15, 0.2) is 71.3 Å². The molecule has 2 aromatic carbocycles. The van der Waals surface area contributed by atoms with Crippen molar-refractivity contribution in [2.45, 2.75) is 24.7 Å². The zero-order chi connectivity index (χ0) is 20.0. The smallest absolute Gasteiger partial charge is 0.231 e. The summed E-state index contributed by atoms with van der Waals surface area (Å²) in [5.74, 6) is 1.27. The molecule has 1 aliphatic carbocycles. The lowest BCUT2D eigenvalue weighted by Gasteiger charge is -2.34. The molecule has 0 fully saturated rings. The van der Waals surface area contributed by atoms with Crippen LogP contribution in [0.3, 0.4) is 0 Å². The molecular formula is C23H18N2O4. The van der Waals surface area contributed by atoms with Crippen LogP contribution in [0.1, 0.15) is 35.8 Å². The zero-order valence-corrected chi connectivity index (χ0v) is 15.6. The number of fused-ring (bicyclic) bond motifs is 1. The van der Waals surface area contributed by atoms with E-state index in [-0.39, 0.29) is 30.0 Å². The molecule has 2 heterocycles. The molecule has 0 saturated carbocycles. The second-order valence-electron chi connectivity index (χ2n) is 7.31. The first kappa shape index (κ1) is 17.4. The molecule has 6 nitrogen and oxygen atoms in total. The summed E-state index contributed by atoms with van der Waals surface area (Å²) in [5.41, 5.74) is 8.71. The second kappa shape index (κ2) is 6.71. The number of hydrogen-bond acceptors (Lipinski definition) is 6. The van der Waals surface area contributed by atoms with E-state index in [9.17, 15) is 10.1 Å². The van der Waals surface area contributed by atoms with Crippen molar-refractivity contribution >= 4 is 5.78 Å². The highest BCUT2D eigenvalue weighted by atomic mass is 16.7. The first-order valence-corrected chi connectivity index (χ1v) is 9.44. The van der Waals surface area contributed by atoms with Crippen LogP contribution in [0.25, 0.3) is 0 Å². The Morgan fingerprint density at radius 3 is 2.59 bits per heavy atom. The Kier molecular flexibility index (Phi) is 4.02. The first-order chi connectivity index (χ1) is 14.2. The molecule has 0 unspecified atom stereocenters. The van der Waals surface area contributed by atoms with E-state index in [1.165, 1.54) is 0 Å². The van der Waals surface area contributed by atoms with Crippen molar-refractivity contribution < 1.29 is 19.0 Å². The van der Waals surface area contributed by atoms with E-state index < -0.39 is 5.92 Å². The van der Waals surface area contributed by atoms with Gasteiger partial charge < -0.3 is 19.9 Å². The number of nitriles is 1. The third-order valence-corrected chi connectivity index (χ3v) is 5.66. The van der Waals surface area contributed by atoms with Gasteiger partial charge in [-0.2, -0.15) is 5.26 Å². The minimum atomic E-state index is -0.567. The fraction of sp³-hybridized carbons (Fsp3) is 0.217. The van der Waals surface area contributed by atoms with E-state index in [1.807, 2.05) is 42.5 Å². The van der Waals surface area contributed by atoms with Gasteiger partial charge in [-0.05, 0) is 29.2 Å². The topological polar surface area (TPSA) is 94.6 Å². The lowest BCUT2D eigenvalue weighted by molar-refractivity contribution is -0.117. The molecule has 0 radical (unpaired) electrons. The highest BCUT2D eigenvalue weighted by molar-refractivity contribution is 6.00. The van der Waals surface area contributed by atoms with Gasteiger partial charge in [0, 0.05) is 18.4 Å². The van der Waals surface area contributed by atoms with Crippen molar-refractivity contribution in [2.75, 3.05) is 6.79 Å². The lowest BCUT2D eigenvalue weighted by Crippen LogP contribution is -2.29. The van der Waals surface area contributed by atoms with Gasteiger partial charge in [-0.1, -0.05) is 36.4 Å². The fourth-order valence-electron chi connectivity index (χ4n) is 4.29. The number of ketones is 1. The van der Waals surface area contributed by atoms with Crippen LogP contribution < -0.4 is 15.2 Å². The molecule has 144 valence electrons. The van der Waals surface area contributed by atoms with Gasteiger partial charge in [-0.3, -0.25) is 4.79 Å². The van der Waals surface area contributed by atoms with Crippen LogP contribution in [0.2, 0.25) is 0 Å². The van der Waals surface area contributed by atoms with Gasteiger partial charge >= 0.3 is 0 Å². The number of carbonyl (C=O) groups is 1. The van der Waals surface area contributed by atoms with Crippen LogP contribution in [0, 0.1) is 11.3 Å². The third-order valence-electron chi connectivity index (χ3n) is 5.66. The van der Waals surface area contributed by atoms with Crippen LogP contribution in [0.4, 0.5) is 0 Å². The molecule has 2 aromatic rings. The van der Waals surface area contributed by atoms with Gasteiger partial charge in [0.25, 0.3) is 0 Å². The lowest BCUT2D eigenvalue weighted by atomic mass is 9.73. The van der Waals surface area contributed by atoms with E-state index in [1.54, 1.807) is 6.07 Å². The van der Waals surface area contributed by atoms with Crippen molar-refractivity contribution in [3.63, 3.8) is 0 Å². The number of nitrogens with zero attached hydrogens (tertiary/aromatic N) is 1. The molecule has 5 rings (SSSR count). The molecule has 0 amide bonds. The summed E-state index contributed by atoms with van der Waals surface area (Å²) in [6.07, 6.45) is 0.928. The maximum absolute atomic E-state index is 13.2. The monoisotopic (exact) mass is 386 g/mol. The Morgan fingerprint density at radius 1 is 1.00 bits per heavy atom. The van der Waals surface area contributed by atoms with Crippen molar-refractivity contribution in [3.8, 4) is 17.6 Å². The maximum atomic E-state index is 13.2. The molecule has 6 heteroatoms. The summed E-state index contributed by atoms with van der Waals surface area (Å²) in [5, 5.41) is 9.74. The summed E-state index contributed by atoms with van der Waals surface area (Å²) >= 11 is 0. The molecule has 2 N–H and O–H groups in total. The van der Waals surface area contributed by atoms with Crippen LogP contribution in [-0.2, 0) is 9.53 Å². The molecule has 29 heavy (non-hydrogen) atoms. The van der Waals surface area contributed by atoms with Gasteiger partial charge in [0.15, 0.2) is 17.3 Å². The average Bonchev–Trinajstić information content (AvgIpc) is 3.21. The van der Waals surface area contributed by atoms with Crippen LogP contribution in [-0.4, -0.2) is 12.6 Å². The Hall–Kier alpha value is -3.72. The Morgan fingerprint density at radius 2 is 1.79 bits per heavy atom. The van der Waals surface area contributed by atoms with Gasteiger partial charge in [0.05, 0.1) is 5.92 Å². The molecule has 2 aliphatic heterocycles. The van der Waals surface area contributed by atoms with Crippen molar-refractivity contribution in [3.05, 3.63) is 82.4 Å². The fourth-order valence-corrected chi connectivity index (χ4v) is 4.29. The zero-order valence-electron chi connectivity index (χ0n) is 15.6. The Labute approximate surface area is 167 Å². The summed E-state index contributed by atoms with van der Waals surface area (Å²) in [4.78, 5) is 13.2. The molecule has 2 atom stereocenters. The minimum Gasteiger partial charge on any atom is -0.454 e. The SMILES string of the molecule is N#CC1=C(N)OC2=C(C(=O)C[C@H](c3ccccc3)C2)[C@@H]1c1ccc2c(c1)OCO2. The maximum Gasteiger partial charge on any atom is 0.231 e. The number of hydrogen-bond donors (Lipinski definition) is 1. The van der Waals surface area contributed by atoms with Gasteiger partial charge in [-0.15, -0.1) is 0 Å². The molecule has 0 saturated heterocycles. The quantitative estimate of drug-likeness (QED) is 0.847. The van der Waals surface area contributed by atoms with E-state index in [0.29, 0.717) is 35.7 Å². The predicted molar refractivity (Wildman–Crippen MR) is 104 cm³/mol. The van der Waals surface area contributed by atoms with Crippen molar-refractivity contribution in [2.24, 2.45) is 5.73 Å². The molecule has 3 aliphatic rings. The van der Waals surface area contributed by atoms with E-state index >= 15 is 0 Å². The molecule has 0 aromatic heterocycles. The third kappa shape index (κ3) is 2.83. The Balaban J connectivity index is 1.59. The minimum absolute atomic E-state index is 0.0243. The van der Waals surface area contributed by atoms with Crippen LogP contribution in [0.5, 0.6) is 11.5 Å². The molecular weight excluding hydrogens is 368 g/mol. The predicted octanol–water partition coefficient (Wildman–Crippen LogP) is 3.62. The van der Waals surface area contributed by atoms with E-state index in [0.717, 1.165) is 11.1 Å².